The molecule has 1 fully saturated rings. The SMILES string of the molecule is COc1ccc(Cl)cc1NC(=O)COC(=O)C1CC1C. The van der Waals surface area contributed by atoms with Crippen LogP contribution in [0.4, 0.5) is 5.69 Å². The monoisotopic (exact) mass is 297 g/mol. The highest BCUT2D eigenvalue weighted by Crippen LogP contribution is 2.38. The molecule has 0 aliphatic heterocycles. The van der Waals surface area contributed by atoms with Gasteiger partial charge in [-0.3, -0.25) is 9.59 Å². The van der Waals surface area contributed by atoms with Crippen molar-refractivity contribution >= 4 is 29.2 Å². The normalized spacial score (nSPS) is 20.1. The van der Waals surface area contributed by atoms with Gasteiger partial charge in [0.15, 0.2) is 6.61 Å². The van der Waals surface area contributed by atoms with Crippen LogP contribution in [0.2, 0.25) is 5.02 Å². The van der Waals surface area contributed by atoms with Gasteiger partial charge in [0.1, 0.15) is 5.75 Å². The topological polar surface area (TPSA) is 64.6 Å². The molecule has 1 N–H and O–H groups in total. The van der Waals surface area contributed by atoms with Gasteiger partial charge in [0.05, 0.1) is 18.7 Å². The summed E-state index contributed by atoms with van der Waals surface area (Å²) in [5, 5.41) is 3.08. The first-order valence-corrected chi connectivity index (χ1v) is 6.69. The van der Waals surface area contributed by atoms with E-state index in [9.17, 15) is 9.59 Å². The van der Waals surface area contributed by atoms with E-state index >= 15 is 0 Å². The minimum absolute atomic E-state index is 0.0523. The molecule has 1 aromatic carbocycles. The van der Waals surface area contributed by atoms with Gasteiger partial charge in [-0.15, -0.1) is 0 Å². The molecule has 20 heavy (non-hydrogen) atoms. The molecule has 6 heteroatoms. The Morgan fingerprint density at radius 1 is 1.45 bits per heavy atom. The number of hydrogen-bond acceptors (Lipinski definition) is 4. The zero-order valence-electron chi connectivity index (χ0n) is 11.3. The summed E-state index contributed by atoms with van der Waals surface area (Å²) in [6.45, 7) is 1.67. The van der Waals surface area contributed by atoms with E-state index in [0.29, 0.717) is 22.4 Å². The summed E-state index contributed by atoms with van der Waals surface area (Å²) < 4.78 is 10.1. The van der Waals surface area contributed by atoms with E-state index < -0.39 is 5.91 Å². The first-order valence-electron chi connectivity index (χ1n) is 6.31. The number of halogens is 1. The Kier molecular flexibility index (Phi) is 4.49. The minimum Gasteiger partial charge on any atom is -0.495 e. The van der Waals surface area contributed by atoms with Gasteiger partial charge in [-0.2, -0.15) is 0 Å². The van der Waals surface area contributed by atoms with Gasteiger partial charge >= 0.3 is 5.97 Å². The van der Waals surface area contributed by atoms with Crippen LogP contribution < -0.4 is 10.1 Å². The largest absolute Gasteiger partial charge is 0.495 e. The third kappa shape index (κ3) is 3.63. The van der Waals surface area contributed by atoms with Crippen LogP contribution in [0.15, 0.2) is 18.2 Å². The Labute approximate surface area is 122 Å². The summed E-state index contributed by atoms with van der Waals surface area (Å²) >= 11 is 5.86. The van der Waals surface area contributed by atoms with Gasteiger partial charge in [-0.05, 0) is 30.5 Å². The number of esters is 1. The Bertz CT molecular complexity index is 532. The van der Waals surface area contributed by atoms with E-state index in [-0.39, 0.29) is 18.5 Å². The molecule has 1 amide bonds. The molecule has 0 bridgehead atoms. The highest BCUT2D eigenvalue weighted by atomic mass is 35.5. The zero-order chi connectivity index (χ0) is 14.7. The predicted octanol–water partition coefficient (Wildman–Crippen LogP) is 2.49. The molecule has 0 heterocycles. The standard InChI is InChI=1S/C14H16ClNO4/c1-8-5-10(8)14(18)20-7-13(17)16-11-6-9(15)3-4-12(11)19-2/h3-4,6,8,10H,5,7H2,1-2H3,(H,16,17). The first kappa shape index (κ1) is 14.7. The highest BCUT2D eigenvalue weighted by molar-refractivity contribution is 6.31. The van der Waals surface area contributed by atoms with E-state index in [4.69, 9.17) is 21.1 Å². The van der Waals surface area contributed by atoms with Crippen LogP contribution in [0.1, 0.15) is 13.3 Å². The molecule has 0 spiro atoms. The van der Waals surface area contributed by atoms with Crippen molar-refractivity contribution in [3.63, 3.8) is 0 Å². The lowest BCUT2D eigenvalue weighted by Crippen LogP contribution is -2.22. The third-order valence-corrected chi connectivity index (χ3v) is 3.43. The molecular formula is C14H16ClNO4. The average molecular weight is 298 g/mol. The lowest BCUT2D eigenvalue weighted by atomic mass is 10.3. The summed E-state index contributed by atoms with van der Waals surface area (Å²) in [4.78, 5) is 23.2. The Balaban J connectivity index is 1.88. The van der Waals surface area contributed by atoms with Crippen LogP contribution in [0.5, 0.6) is 5.75 Å². The molecule has 5 nitrogen and oxygen atoms in total. The number of carbonyl (C=O) groups excluding carboxylic acids is 2. The minimum atomic E-state index is -0.424. The quantitative estimate of drug-likeness (QED) is 0.848. The van der Waals surface area contributed by atoms with Gasteiger partial charge < -0.3 is 14.8 Å². The van der Waals surface area contributed by atoms with E-state index in [1.807, 2.05) is 6.92 Å². The van der Waals surface area contributed by atoms with Crippen molar-refractivity contribution < 1.29 is 19.1 Å². The molecule has 1 saturated carbocycles. The second-order valence-electron chi connectivity index (χ2n) is 4.82. The number of hydrogen-bond donors (Lipinski definition) is 1. The van der Waals surface area contributed by atoms with Crippen LogP contribution in [0.3, 0.4) is 0 Å². The van der Waals surface area contributed by atoms with E-state index in [1.54, 1.807) is 18.2 Å². The van der Waals surface area contributed by atoms with Crippen LogP contribution in [0.25, 0.3) is 0 Å². The number of benzene rings is 1. The number of anilines is 1. The number of rotatable bonds is 5. The van der Waals surface area contributed by atoms with E-state index in [2.05, 4.69) is 5.32 Å². The fourth-order valence-electron chi connectivity index (χ4n) is 1.86. The van der Waals surface area contributed by atoms with Gasteiger partial charge in [-0.1, -0.05) is 18.5 Å². The fraction of sp³-hybridized carbons (Fsp3) is 0.429. The molecule has 2 unspecified atom stereocenters. The maximum atomic E-state index is 11.7. The molecule has 2 atom stereocenters. The highest BCUT2D eigenvalue weighted by Gasteiger charge is 2.40. The van der Waals surface area contributed by atoms with Crippen molar-refractivity contribution in [2.24, 2.45) is 11.8 Å². The van der Waals surface area contributed by atoms with Crippen molar-refractivity contribution in [3.05, 3.63) is 23.2 Å². The van der Waals surface area contributed by atoms with Gasteiger partial charge in [0.2, 0.25) is 0 Å². The Hall–Kier alpha value is -1.75. The Morgan fingerprint density at radius 3 is 2.75 bits per heavy atom. The van der Waals surface area contributed by atoms with Gasteiger partial charge in [-0.25, -0.2) is 0 Å². The molecular weight excluding hydrogens is 282 g/mol. The van der Waals surface area contributed by atoms with Gasteiger partial charge in [0.25, 0.3) is 5.91 Å². The van der Waals surface area contributed by atoms with Crippen LogP contribution in [-0.4, -0.2) is 25.6 Å². The van der Waals surface area contributed by atoms with Gasteiger partial charge in [0, 0.05) is 5.02 Å². The summed E-state index contributed by atoms with van der Waals surface area (Å²) in [5.74, 6) is 0.0601. The summed E-state index contributed by atoms with van der Waals surface area (Å²) in [5.41, 5.74) is 0.445. The number of nitrogens with one attached hydrogen (secondary N) is 1. The number of methoxy groups -OCH3 is 1. The average Bonchev–Trinajstić information content (AvgIpc) is 3.13. The number of ether oxygens (including phenoxy) is 2. The molecule has 1 aliphatic rings. The second kappa shape index (κ2) is 6.13. The van der Waals surface area contributed by atoms with Crippen molar-refractivity contribution in [2.75, 3.05) is 19.0 Å². The van der Waals surface area contributed by atoms with Crippen molar-refractivity contribution in [1.82, 2.24) is 0 Å². The van der Waals surface area contributed by atoms with Crippen LogP contribution >= 0.6 is 11.6 Å². The maximum Gasteiger partial charge on any atom is 0.309 e. The van der Waals surface area contributed by atoms with E-state index in [0.717, 1.165) is 6.42 Å². The van der Waals surface area contributed by atoms with Crippen molar-refractivity contribution in [1.29, 1.82) is 0 Å². The second-order valence-corrected chi connectivity index (χ2v) is 5.26. The zero-order valence-corrected chi connectivity index (χ0v) is 12.1. The van der Waals surface area contributed by atoms with Crippen molar-refractivity contribution in [3.8, 4) is 5.75 Å². The maximum absolute atomic E-state index is 11.7. The predicted molar refractivity (Wildman–Crippen MR) is 74.9 cm³/mol. The van der Waals surface area contributed by atoms with Crippen LogP contribution in [0, 0.1) is 11.8 Å². The smallest absolute Gasteiger partial charge is 0.309 e. The summed E-state index contributed by atoms with van der Waals surface area (Å²) in [7, 11) is 1.49. The lowest BCUT2D eigenvalue weighted by Gasteiger charge is -2.10. The molecule has 0 saturated heterocycles. The third-order valence-electron chi connectivity index (χ3n) is 3.19. The van der Waals surface area contributed by atoms with E-state index in [1.165, 1.54) is 7.11 Å². The molecule has 0 radical (unpaired) electrons. The molecule has 108 valence electrons. The molecule has 1 aliphatic carbocycles. The fourth-order valence-corrected chi connectivity index (χ4v) is 2.03. The molecule has 1 aromatic rings. The Morgan fingerprint density at radius 2 is 2.15 bits per heavy atom. The summed E-state index contributed by atoms with van der Waals surface area (Å²) in [6, 6.07) is 4.88. The molecule has 2 rings (SSSR count). The lowest BCUT2D eigenvalue weighted by molar-refractivity contribution is -0.148. The van der Waals surface area contributed by atoms with Crippen molar-refractivity contribution in [2.45, 2.75) is 13.3 Å². The van der Waals surface area contributed by atoms with Crippen LogP contribution in [-0.2, 0) is 14.3 Å². The molecule has 0 aromatic heterocycles. The number of carbonyl (C=O) groups is 2. The summed E-state index contributed by atoms with van der Waals surface area (Å²) in [6.07, 6.45) is 0.836. The first-order chi connectivity index (χ1) is 9.51. The number of amides is 1.